The lowest BCUT2D eigenvalue weighted by molar-refractivity contribution is 0.00578. The molecule has 9 heteroatoms. The first-order valence-corrected chi connectivity index (χ1v) is 10.7. The molecule has 2 aliphatic rings. The van der Waals surface area contributed by atoms with E-state index in [4.69, 9.17) is 18.8 Å². The van der Waals surface area contributed by atoms with E-state index in [2.05, 4.69) is 4.72 Å². The number of benzene rings is 1. The van der Waals surface area contributed by atoms with Crippen LogP contribution in [0.25, 0.3) is 0 Å². The van der Waals surface area contributed by atoms with Crippen molar-refractivity contribution in [2.45, 2.75) is 62.7 Å². The summed E-state index contributed by atoms with van der Waals surface area (Å²) in [6, 6.07) is 4.84. The number of ether oxygens (including phenoxy) is 2. The van der Waals surface area contributed by atoms with E-state index >= 15 is 0 Å². The van der Waals surface area contributed by atoms with Crippen LogP contribution in [0.4, 0.5) is 0 Å². The molecule has 0 radical (unpaired) electrons. The van der Waals surface area contributed by atoms with E-state index in [1.807, 2.05) is 27.7 Å². The minimum absolute atomic E-state index is 0.0868. The van der Waals surface area contributed by atoms with Crippen LogP contribution in [-0.2, 0) is 24.1 Å². The molecule has 1 aromatic rings. The predicted molar refractivity (Wildman–Crippen MR) is 103 cm³/mol. The van der Waals surface area contributed by atoms with E-state index in [0.717, 1.165) is 0 Å². The maximum absolute atomic E-state index is 13.0. The Labute approximate surface area is 161 Å². The number of rotatable bonds is 5. The first-order valence-electron chi connectivity index (χ1n) is 9.19. The lowest BCUT2D eigenvalue weighted by atomic mass is 9.79. The highest BCUT2D eigenvalue weighted by Gasteiger charge is 2.52. The van der Waals surface area contributed by atoms with Crippen molar-refractivity contribution in [1.82, 2.24) is 4.72 Å². The molecule has 1 aromatic carbocycles. The van der Waals surface area contributed by atoms with Gasteiger partial charge in [0, 0.05) is 19.3 Å². The number of nitrogens with one attached hydrogen (secondary N) is 1. The van der Waals surface area contributed by atoms with Crippen molar-refractivity contribution in [3.8, 4) is 5.75 Å². The zero-order chi connectivity index (χ0) is 19.9. The van der Waals surface area contributed by atoms with Crippen LogP contribution in [0.2, 0.25) is 0 Å². The molecular weight excluding hydrogens is 369 g/mol. The molecule has 0 atom stereocenters. The number of hydrogen-bond donors (Lipinski definition) is 1. The molecule has 1 N–H and O–H groups in total. The standard InChI is InChI=1S/C18H28BNO6S/c1-17(2)18(3,4)26-19(25-17)13-6-7-15(23-5)16(12-13)27(21,22)20-14-8-10-24-11-9-14/h6-7,12,14,20H,8-11H2,1-5H3. The Kier molecular flexibility index (Phi) is 5.62. The summed E-state index contributed by atoms with van der Waals surface area (Å²) < 4.78 is 51.4. The van der Waals surface area contributed by atoms with Gasteiger partial charge in [-0.3, -0.25) is 0 Å². The lowest BCUT2D eigenvalue weighted by Gasteiger charge is -2.32. The first kappa shape index (κ1) is 20.6. The van der Waals surface area contributed by atoms with Crippen LogP contribution in [-0.4, -0.2) is 53.1 Å². The molecule has 0 unspecified atom stereocenters. The molecule has 0 aromatic heterocycles. The van der Waals surface area contributed by atoms with Gasteiger partial charge in [-0.25, -0.2) is 13.1 Å². The summed E-state index contributed by atoms with van der Waals surface area (Å²) in [5, 5.41) is 0. The van der Waals surface area contributed by atoms with Crippen molar-refractivity contribution in [3.63, 3.8) is 0 Å². The molecule has 0 amide bonds. The Hall–Kier alpha value is -1.13. The van der Waals surface area contributed by atoms with Crippen LogP contribution in [0.5, 0.6) is 5.75 Å². The van der Waals surface area contributed by atoms with Gasteiger partial charge in [-0.2, -0.15) is 0 Å². The highest BCUT2D eigenvalue weighted by atomic mass is 32.2. The predicted octanol–water partition coefficient (Wildman–Crippen LogP) is 1.45. The van der Waals surface area contributed by atoms with Gasteiger partial charge < -0.3 is 18.8 Å². The highest BCUT2D eigenvalue weighted by molar-refractivity contribution is 7.89. The smallest absolute Gasteiger partial charge is 0.494 e. The number of hydrogen-bond acceptors (Lipinski definition) is 6. The van der Waals surface area contributed by atoms with Gasteiger partial charge in [0.1, 0.15) is 10.6 Å². The molecule has 2 saturated heterocycles. The van der Waals surface area contributed by atoms with Crippen molar-refractivity contribution in [3.05, 3.63) is 18.2 Å². The third kappa shape index (κ3) is 4.17. The third-order valence-electron chi connectivity index (χ3n) is 5.55. The van der Waals surface area contributed by atoms with Crippen molar-refractivity contribution < 1.29 is 27.2 Å². The van der Waals surface area contributed by atoms with Gasteiger partial charge in [-0.15, -0.1) is 0 Å². The molecule has 2 fully saturated rings. The zero-order valence-electron chi connectivity index (χ0n) is 16.6. The molecule has 27 heavy (non-hydrogen) atoms. The molecule has 150 valence electrons. The largest absolute Gasteiger partial charge is 0.495 e. The topological polar surface area (TPSA) is 83.1 Å². The first-order chi connectivity index (χ1) is 12.6. The summed E-state index contributed by atoms with van der Waals surface area (Å²) in [5.41, 5.74) is -0.365. The van der Waals surface area contributed by atoms with Crippen molar-refractivity contribution in [2.75, 3.05) is 20.3 Å². The molecule has 7 nitrogen and oxygen atoms in total. The van der Waals surface area contributed by atoms with Crippen LogP contribution in [0.1, 0.15) is 40.5 Å². The van der Waals surface area contributed by atoms with Crippen LogP contribution in [0.3, 0.4) is 0 Å². The van der Waals surface area contributed by atoms with Crippen molar-refractivity contribution in [1.29, 1.82) is 0 Å². The van der Waals surface area contributed by atoms with E-state index < -0.39 is 28.3 Å². The summed E-state index contributed by atoms with van der Waals surface area (Å²) in [6.45, 7) is 8.94. The molecular formula is C18H28BNO6S. The fourth-order valence-corrected chi connectivity index (χ4v) is 4.64. The second kappa shape index (κ2) is 7.37. The monoisotopic (exact) mass is 397 g/mol. The minimum atomic E-state index is -3.75. The Balaban J connectivity index is 1.90. The average Bonchev–Trinajstić information content (AvgIpc) is 2.82. The lowest BCUT2D eigenvalue weighted by Crippen LogP contribution is -2.41. The van der Waals surface area contributed by atoms with Gasteiger partial charge in [0.25, 0.3) is 0 Å². The van der Waals surface area contributed by atoms with E-state index in [1.165, 1.54) is 7.11 Å². The van der Waals surface area contributed by atoms with Gasteiger partial charge in [0.2, 0.25) is 10.0 Å². The average molecular weight is 397 g/mol. The number of sulfonamides is 1. The van der Waals surface area contributed by atoms with Crippen molar-refractivity contribution in [2.24, 2.45) is 0 Å². The third-order valence-corrected chi connectivity index (χ3v) is 7.09. The molecule has 0 spiro atoms. The Bertz CT molecular complexity index is 773. The van der Waals surface area contributed by atoms with E-state index in [-0.39, 0.29) is 16.7 Å². The Morgan fingerprint density at radius 3 is 2.26 bits per heavy atom. The maximum Gasteiger partial charge on any atom is 0.494 e. The second-order valence-corrected chi connectivity index (χ2v) is 9.69. The quantitative estimate of drug-likeness (QED) is 0.758. The normalized spacial score (nSPS) is 22.8. The SMILES string of the molecule is COc1ccc(B2OC(C)(C)C(C)(C)O2)cc1S(=O)(=O)NC1CCOCC1. The molecule has 2 aliphatic heterocycles. The minimum Gasteiger partial charge on any atom is -0.495 e. The summed E-state index contributed by atoms with van der Waals surface area (Å²) in [7, 11) is -2.94. The van der Waals surface area contributed by atoms with Crippen LogP contribution < -0.4 is 14.9 Å². The van der Waals surface area contributed by atoms with Gasteiger partial charge >= 0.3 is 7.12 Å². The van der Waals surface area contributed by atoms with E-state index in [0.29, 0.717) is 31.5 Å². The summed E-state index contributed by atoms with van der Waals surface area (Å²) in [5.74, 6) is 0.287. The summed E-state index contributed by atoms with van der Waals surface area (Å²) >= 11 is 0. The molecule has 0 bridgehead atoms. The molecule has 0 aliphatic carbocycles. The van der Waals surface area contributed by atoms with Gasteiger partial charge in [-0.1, -0.05) is 6.07 Å². The fourth-order valence-electron chi connectivity index (χ4n) is 3.13. The summed E-state index contributed by atoms with van der Waals surface area (Å²) in [6.07, 6.45) is 1.30. The van der Waals surface area contributed by atoms with Gasteiger partial charge in [-0.05, 0) is 58.1 Å². The second-order valence-electron chi connectivity index (χ2n) is 8.01. The fraction of sp³-hybridized carbons (Fsp3) is 0.667. The van der Waals surface area contributed by atoms with Crippen LogP contribution in [0, 0.1) is 0 Å². The highest BCUT2D eigenvalue weighted by Crippen LogP contribution is 2.37. The molecule has 2 heterocycles. The van der Waals surface area contributed by atoms with E-state index in [9.17, 15) is 8.42 Å². The van der Waals surface area contributed by atoms with Gasteiger partial charge in [0.15, 0.2) is 0 Å². The Morgan fingerprint density at radius 1 is 1.11 bits per heavy atom. The Morgan fingerprint density at radius 2 is 1.70 bits per heavy atom. The summed E-state index contributed by atoms with van der Waals surface area (Å²) in [4.78, 5) is 0.0868. The number of methoxy groups -OCH3 is 1. The van der Waals surface area contributed by atoms with Gasteiger partial charge in [0.05, 0.1) is 18.3 Å². The maximum atomic E-state index is 13.0. The van der Waals surface area contributed by atoms with Crippen molar-refractivity contribution >= 4 is 22.6 Å². The zero-order valence-corrected chi connectivity index (χ0v) is 17.4. The molecule has 0 saturated carbocycles. The molecule has 3 rings (SSSR count). The van der Waals surface area contributed by atoms with Crippen LogP contribution >= 0.6 is 0 Å². The van der Waals surface area contributed by atoms with E-state index in [1.54, 1.807) is 18.2 Å². The van der Waals surface area contributed by atoms with Crippen LogP contribution in [0.15, 0.2) is 23.1 Å².